The van der Waals surface area contributed by atoms with Crippen LogP contribution in [-0.4, -0.2) is 15.0 Å². The second kappa shape index (κ2) is 7.81. The molecule has 2 aromatic carbocycles. The maximum Gasteiger partial charge on any atom is 0.164 e. The third-order valence-corrected chi connectivity index (χ3v) is 4.02. The summed E-state index contributed by atoms with van der Waals surface area (Å²) in [5, 5.41) is 0. The van der Waals surface area contributed by atoms with Crippen LogP contribution in [0.3, 0.4) is 0 Å². The van der Waals surface area contributed by atoms with Crippen LogP contribution in [0.5, 0.6) is 0 Å². The standard InChI is InChI=1S/C21H16BrN3/c1-3-9-15(4-2)19-23-20(16-10-6-5-7-11-16)25-21(24-19)17-12-8-13-18(22)14-17/h3-14H,1-2H2/b15-9+. The van der Waals surface area contributed by atoms with Crippen molar-refractivity contribution < 1.29 is 0 Å². The monoisotopic (exact) mass is 389 g/mol. The molecule has 3 rings (SSSR count). The Bertz CT molecular complexity index is 946. The molecule has 0 amide bonds. The van der Waals surface area contributed by atoms with Crippen molar-refractivity contribution in [2.45, 2.75) is 0 Å². The van der Waals surface area contributed by atoms with Crippen molar-refractivity contribution in [2.24, 2.45) is 0 Å². The van der Waals surface area contributed by atoms with Crippen molar-refractivity contribution in [3.05, 3.63) is 96.3 Å². The lowest BCUT2D eigenvalue weighted by Crippen LogP contribution is -2.02. The zero-order valence-electron chi connectivity index (χ0n) is 13.6. The third-order valence-electron chi connectivity index (χ3n) is 3.53. The summed E-state index contributed by atoms with van der Waals surface area (Å²) in [5.41, 5.74) is 2.65. The maximum absolute atomic E-state index is 4.66. The van der Waals surface area contributed by atoms with Crippen molar-refractivity contribution in [2.75, 3.05) is 0 Å². The molecule has 0 aliphatic heterocycles. The topological polar surface area (TPSA) is 38.7 Å². The van der Waals surface area contributed by atoms with E-state index in [1.165, 1.54) is 0 Å². The van der Waals surface area contributed by atoms with E-state index in [2.05, 4.69) is 44.0 Å². The van der Waals surface area contributed by atoms with Gasteiger partial charge in [-0.1, -0.05) is 89.8 Å². The summed E-state index contributed by atoms with van der Waals surface area (Å²) >= 11 is 3.50. The van der Waals surface area contributed by atoms with Crippen LogP contribution >= 0.6 is 15.9 Å². The highest BCUT2D eigenvalue weighted by Crippen LogP contribution is 2.24. The highest BCUT2D eigenvalue weighted by molar-refractivity contribution is 9.10. The number of nitrogens with zero attached hydrogens (tertiary/aromatic N) is 3. The quantitative estimate of drug-likeness (QED) is 0.523. The van der Waals surface area contributed by atoms with E-state index in [9.17, 15) is 0 Å². The summed E-state index contributed by atoms with van der Waals surface area (Å²) in [4.78, 5) is 13.9. The van der Waals surface area contributed by atoms with Gasteiger partial charge in [0.25, 0.3) is 0 Å². The van der Waals surface area contributed by atoms with Crippen LogP contribution in [0, 0.1) is 0 Å². The van der Waals surface area contributed by atoms with Gasteiger partial charge in [-0.05, 0) is 12.1 Å². The Labute approximate surface area is 155 Å². The van der Waals surface area contributed by atoms with Crippen LogP contribution in [0.2, 0.25) is 0 Å². The number of aromatic nitrogens is 3. The molecule has 25 heavy (non-hydrogen) atoms. The Morgan fingerprint density at radius 2 is 1.52 bits per heavy atom. The van der Waals surface area contributed by atoms with E-state index in [1.54, 1.807) is 12.2 Å². The van der Waals surface area contributed by atoms with Gasteiger partial charge >= 0.3 is 0 Å². The van der Waals surface area contributed by atoms with Crippen molar-refractivity contribution in [1.29, 1.82) is 0 Å². The minimum Gasteiger partial charge on any atom is -0.208 e. The van der Waals surface area contributed by atoms with Gasteiger partial charge in [0.2, 0.25) is 0 Å². The van der Waals surface area contributed by atoms with E-state index in [-0.39, 0.29) is 0 Å². The minimum atomic E-state index is 0.568. The van der Waals surface area contributed by atoms with Gasteiger partial charge in [-0.3, -0.25) is 0 Å². The molecular formula is C21H16BrN3. The fourth-order valence-corrected chi connectivity index (χ4v) is 2.74. The van der Waals surface area contributed by atoms with Crippen molar-refractivity contribution >= 4 is 21.5 Å². The molecule has 0 aliphatic carbocycles. The fraction of sp³-hybridized carbons (Fsp3) is 0. The summed E-state index contributed by atoms with van der Waals surface area (Å²) in [6.45, 7) is 7.60. The van der Waals surface area contributed by atoms with Crippen molar-refractivity contribution in [1.82, 2.24) is 15.0 Å². The minimum absolute atomic E-state index is 0.568. The molecule has 0 radical (unpaired) electrons. The lowest BCUT2D eigenvalue weighted by Gasteiger charge is -2.08. The van der Waals surface area contributed by atoms with E-state index in [0.717, 1.165) is 21.2 Å². The molecule has 3 aromatic rings. The molecule has 0 saturated carbocycles. The van der Waals surface area contributed by atoms with Crippen LogP contribution in [0.25, 0.3) is 28.3 Å². The van der Waals surface area contributed by atoms with Crippen molar-refractivity contribution in [3.63, 3.8) is 0 Å². The van der Waals surface area contributed by atoms with Gasteiger partial charge in [-0.25, -0.2) is 15.0 Å². The Morgan fingerprint density at radius 3 is 2.16 bits per heavy atom. The molecule has 0 bridgehead atoms. The highest BCUT2D eigenvalue weighted by atomic mass is 79.9. The number of halogens is 1. The van der Waals surface area contributed by atoms with Crippen LogP contribution < -0.4 is 0 Å². The molecule has 3 nitrogen and oxygen atoms in total. The van der Waals surface area contributed by atoms with Gasteiger partial charge in [-0.2, -0.15) is 0 Å². The molecule has 0 atom stereocenters. The lowest BCUT2D eigenvalue weighted by atomic mass is 10.1. The van der Waals surface area contributed by atoms with Gasteiger partial charge in [0.05, 0.1) is 0 Å². The first-order valence-corrected chi connectivity index (χ1v) is 8.53. The third kappa shape index (κ3) is 3.98. The Morgan fingerprint density at radius 1 is 0.840 bits per heavy atom. The first-order chi connectivity index (χ1) is 12.2. The molecule has 0 unspecified atom stereocenters. The van der Waals surface area contributed by atoms with Crippen LogP contribution in [0.4, 0.5) is 0 Å². The van der Waals surface area contributed by atoms with E-state index in [0.29, 0.717) is 17.5 Å². The number of allylic oxidation sites excluding steroid dienone is 4. The first kappa shape index (κ1) is 17.0. The molecule has 1 heterocycles. The van der Waals surface area contributed by atoms with Crippen LogP contribution in [0.1, 0.15) is 5.82 Å². The fourth-order valence-electron chi connectivity index (χ4n) is 2.34. The molecular weight excluding hydrogens is 374 g/mol. The van der Waals surface area contributed by atoms with Gasteiger partial charge in [0.15, 0.2) is 17.5 Å². The highest BCUT2D eigenvalue weighted by Gasteiger charge is 2.12. The SMILES string of the molecule is C=C/C=C(\C=C)c1nc(-c2ccccc2)nc(-c2cccc(Br)c2)n1. The van der Waals surface area contributed by atoms with E-state index < -0.39 is 0 Å². The van der Waals surface area contributed by atoms with Crippen LogP contribution in [-0.2, 0) is 0 Å². The molecule has 4 heteroatoms. The van der Waals surface area contributed by atoms with Crippen molar-refractivity contribution in [3.8, 4) is 22.8 Å². The first-order valence-electron chi connectivity index (χ1n) is 7.74. The number of hydrogen-bond donors (Lipinski definition) is 0. The van der Waals surface area contributed by atoms with Gasteiger partial charge in [-0.15, -0.1) is 0 Å². The Balaban J connectivity index is 2.23. The molecule has 122 valence electrons. The van der Waals surface area contributed by atoms with Crippen LogP contribution in [0.15, 0.2) is 90.5 Å². The molecule has 0 spiro atoms. The normalized spacial score (nSPS) is 11.2. The number of benzene rings is 2. The summed E-state index contributed by atoms with van der Waals surface area (Å²) in [6.07, 6.45) is 5.25. The lowest BCUT2D eigenvalue weighted by molar-refractivity contribution is 1.04. The average Bonchev–Trinajstić information content (AvgIpc) is 2.66. The van der Waals surface area contributed by atoms with E-state index in [4.69, 9.17) is 0 Å². The Hall–Kier alpha value is -2.85. The predicted molar refractivity (Wildman–Crippen MR) is 107 cm³/mol. The second-order valence-corrected chi connectivity index (χ2v) is 6.16. The number of rotatable bonds is 5. The summed E-state index contributed by atoms with van der Waals surface area (Å²) < 4.78 is 0.971. The number of hydrogen-bond acceptors (Lipinski definition) is 3. The molecule has 0 saturated heterocycles. The zero-order chi connectivity index (χ0) is 17.6. The van der Waals surface area contributed by atoms with E-state index >= 15 is 0 Å². The maximum atomic E-state index is 4.66. The zero-order valence-corrected chi connectivity index (χ0v) is 15.1. The molecule has 0 N–H and O–H groups in total. The van der Waals surface area contributed by atoms with Gasteiger partial charge in [0, 0.05) is 21.2 Å². The van der Waals surface area contributed by atoms with Gasteiger partial charge in [0.1, 0.15) is 0 Å². The smallest absolute Gasteiger partial charge is 0.164 e. The average molecular weight is 390 g/mol. The molecule has 1 aromatic heterocycles. The largest absolute Gasteiger partial charge is 0.208 e. The van der Waals surface area contributed by atoms with Gasteiger partial charge < -0.3 is 0 Å². The summed E-state index contributed by atoms with van der Waals surface area (Å²) in [6, 6.07) is 17.7. The Kier molecular flexibility index (Phi) is 5.31. The summed E-state index contributed by atoms with van der Waals surface area (Å²) in [7, 11) is 0. The predicted octanol–water partition coefficient (Wildman–Crippen LogP) is 5.72. The molecule has 0 aliphatic rings. The summed E-state index contributed by atoms with van der Waals surface area (Å²) in [5.74, 6) is 1.80. The molecule has 0 fully saturated rings. The van der Waals surface area contributed by atoms with E-state index in [1.807, 2.05) is 60.7 Å². The second-order valence-electron chi connectivity index (χ2n) is 5.24.